The van der Waals surface area contributed by atoms with E-state index in [1.165, 1.54) is 0 Å². The van der Waals surface area contributed by atoms with Crippen molar-refractivity contribution in [1.29, 1.82) is 0 Å². The summed E-state index contributed by atoms with van der Waals surface area (Å²) in [6.07, 6.45) is -4.36. The van der Waals surface area contributed by atoms with Gasteiger partial charge in [0.05, 0.1) is 12.0 Å². The van der Waals surface area contributed by atoms with E-state index in [1.54, 1.807) is 27.7 Å². The smallest absolute Gasteiger partial charge is 0.404 e. The quantitative estimate of drug-likeness (QED) is 0.754. The first-order valence-electron chi connectivity index (χ1n) is 6.12. The van der Waals surface area contributed by atoms with Gasteiger partial charge in [0.25, 0.3) is 0 Å². The van der Waals surface area contributed by atoms with E-state index in [-0.39, 0.29) is 12.3 Å². The zero-order chi connectivity index (χ0) is 14.5. The first-order valence-corrected chi connectivity index (χ1v) is 6.12. The first-order chi connectivity index (χ1) is 8.09. The lowest BCUT2D eigenvalue weighted by atomic mass is 9.90. The predicted octanol–water partition coefficient (Wildman–Crippen LogP) is 2.88. The lowest BCUT2D eigenvalue weighted by Crippen LogP contribution is -2.48. The third-order valence-corrected chi connectivity index (χ3v) is 2.73. The molecule has 0 aromatic carbocycles. The average molecular weight is 269 g/mol. The molecule has 3 atom stereocenters. The maximum Gasteiger partial charge on any atom is 0.404 e. The molecule has 0 radical (unpaired) electrons. The maximum atomic E-state index is 12.6. The number of esters is 1. The zero-order valence-corrected chi connectivity index (χ0v) is 11.3. The van der Waals surface area contributed by atoms with Crippen LogP contribution in [0.15, 0.2) is 0 Å². The van der Waals surface area contributed by atoms with E-state index in [0.29, 0.717) is 6.42 Å². The second-order valence-corrected chi connectivity index (χ2v) is 4.96. The monoisotopic (exact) mass is 269 g/mol. The molecule has 108 valence electrons. The van der Waals surface area contributed by atoms with Gasteiger partial charge in [-0.2, -0.15) is 13.2 Å². The van der Waals surface area contributed by atoms with Crippen molar-refractivity contribution in [2.45, 2.75) is 58.9 Å². The lowest BCUT2D eigenvalue weighted by Gasteiger charge is -2.26. The SMILES string of the molecule is CCC(C)OC(=O)[C@H](CC(C)C)[C@@H](N)C(F)(F)F. The van der Waals surface area contributed by atoms with E-state index in [2.05, 4.69) is 0 Å². The molecule has 0 aliphatic heterocycles. The van der Waals surface area contributed by atoms with Crippen LogP contribution in [0, 0.1) is 11.8 Å². The minimum absolute atomic E-state index is 0.0621. The number of nitrogens with two attached hydrogens (primary N) is 1. The van der Waals surface area contributed by atoms with Gasteiger partial charge in [-0.3, -0.25) is 4.79 Å². The maximum absolute atomic E-state index is 12.6. The van der Waals surface area contributed by atoms with E-state index < -0.39 is 30.2 Å². The second kappa shape index (κ2) is 6.97. The molecule has 0 saturated heterocycles. The number of hydrogen-bond donors (Lipinski definition) is 1. The summed E-state index contributed by atoms with van der Waals surface area (Å²) in [6, 6.07) is -2.17. The summed E-state index contributed by atoms with van der Waals surface area (Å²) in [5, 5.41) is 0. The van der Waals surface area contributed by atoms with Gasteiger partial charge in [-0.05, 0) is 25.7 Å². The van der Waals surface area contributed by atoms with Crippen LogP contribution in [0.25, 0.3) is 0 Å². The average Bonchev–Trinajstić information content (AvgIpc) is 2.22. The Kier molecular flexibility index (Phi) is 6.67. The molecular formula is C12H22F3NO2. The molecule has 0 spiro atoms. The molecule has 3 nitrogen and oxygen atoms in total. The fourth-order valence-electron chi connectivity index (χ4n) is 1.49. The molecule has 0 bridgehead atoms. The lowest BCUT2D eigenvalue weighted by molar-refractivity contribution is -0.180. The van der Waals surface area contributed by atoms with E-state index in [4.69, 9.17) is 10.5 Å². The Morgan fingerprint density at radius 3 is 2.11 bits per heavy atom. The molecule has 0 amide bonds. The number of ether oxygens (including phenoxy) is 1. The molecule has 18 heavy (non-hydrogen) atoms. The molecule has 0 aromatic rings. The Balaban J connectivity index is 4.83. The van der Waals surface area contributed by atoms with Gasteiger partial charge >= 0.3 is 12.1 Å². The van der Waals surface area contributed by atoms with Crippen molar-refractivity contribution < 1.29 is 22.7 Å². The van der Waals surface area contributed by atoms with Crippen LogP contribution < -0.4 is 5.73 Å². The van der Waals surface area contributed by atoms with E-state index in [9.17, 15) is 18.0 Å². The van der Waals surface area contributed by atoms with Crippen LogP contribution in [0.2, 0.25) is 0 Å². The van der Waals surface area contributed by atoms with Gasteiger partial charge in [-0.1, -0.05) is 20.8 Å². The van der Waals surface area contributed by atoms with E-state index >= 15 is 0 Å². The van der Waals surface area contributed by atoms with E-state index in [0.717, 1.165) is 0 Å². The topological polar surface area (TPSA) is 52.3 Å². The predicted molar refractivity (Wildman–Crippen MR) is 62.8 cm³/mol. The van der Waals surface area contributed by atoms with Crippen molar-refractivity contribution in [3.63, 3.8) is 0 Å². The number of alkyl halides is 3. The van der Waals surface area contributed by atoms with Gasteiger partial charge < -0.3 is 10.5 Å². The minimum Gasteiger partial charge on any atom is -0.462 e. The third kappa shape index (κ3) is 5.71. The molecule has 0 heterocycles. The highest BCUT2D eigenvalue weighted by atomic mass is 19.4. The minimum atomic E-state index is -4.59. The summed E-state index contributed by atoms with van der Waals surface area (Å²) < 4.78 is 42.7. The molecule has 0 aliphatic rings. The van der Waals surface area contributed by atoms with Gasteiger partial charge in [0.15, 0.2) is 0 Å². The van der Waals surface area contributed by atoms with Crippen LogP contribution in [-0.2, 0) is 9.53 Å². The van der Waals surface area contributed by atoms with Crippen molar-refractivity contribution in [3.8, 4) is 0 Å². The van der Waals surface area contributed by atoms with Crippen molar-refractivity contribution in [1.82, 2.24) is 0 Å². The van der Waals surface area contributed by atoms with Crippen LogP contribution in [0.5, 0.6) is 0 Å². The fraction of sp³-hybridized carbons (Fsp3) is 0.917. The number of carbonyl (C=O) groups is 1. The highest BCUT2D eigenvalue weighted by Gasteiger charge is 2.45. The summed E-state index contributed by atoms with van der Waals surface area (Å²) >= 11 is 0. The van der Waals surface area contributed by atoms with Crippen LogP contribution in [0.1, 0.15) is 40.5 Å². The summed E-state index contributed by atoms with van der Waals surface area (Å²) in [5.74, 6) is -2.25. The van der Waals surface area contributed by atoms with Gasteiger partial charge in [0.2, 0.25) is 0 Å². The molecule has 6 heteroatoms. The zero-order valence-electron chi connectivity index (χ0n) is 11.3. The van der Waals surface area contributed by atoms with Crippen molar-refractivity contribution >= 4 is 5.97 Å². The normalized spacial score (nSPS) is 17.4. The molecule has 0 fully saturated rings. The summed E-state index contributed by atoms with van der Waals surface area (Å²) in [4.78, 5) is 11.7. The van der Waals surface area contributed by atoms with Crippen LogP contribution >= 0.6 is 0 Å². The number of carbonyl (C=O) groups excluding carboxylic acids is 1. The molecular weight excluding hydrogens is 247 g/mol. The Morgan fingerprint density at radius 1 is 1.28 bits per heavy atom. The highest BCUT2D eigenvalue weighted by Crippen LogP contribution is 2.29. The van der Waals surface area contributed by atoms with E-state index in [1.807, 2.05) is 0 Å². The van der Waals surface area contributed by atoms with Crippen molar-refractivity contribution in [2.75, 3.05) is 0 Å². The van der Waals surface area contributed by atoms with Gasteiger partial charge in [-0.15, -0.1) is 0 Å². The molecule has 0 aliphatic carbocycles. The standard InChI is InChI=1S/C12H22F3NO2/c1-5-8(4)18-11(17)9(6-7(2)3)10(16)12(13,14)15/h7-10H,5-6,16H2,1-4H3/t8?,9-,10-/m1/s1. The summed E-state index contributed by atoms with van der Waals surface area (Å²) in [7, 11) is 0. The van der Waals surface area contributed by atoms with Crippen LogP contribution in [-0.4, -0.2) is 24.3 Å². The highest BCUT2D eigenvalue weighted by molar-refractivity contribution is 5.73. The second-order valence-electron chi connectivity index (χ2n) is 4.96. The molecule has 0 rings (SSSR count). The van der Waals surface area contributed by atoms with Crippen LogP contribution in [0.3, 0.4) is 0 Å². The Labute approximate surface area is 106 Å². The Bertz CT molecular complexity index is 267. The molecule has 1 unspecified atom stereocenters. The molecule has 2 N–H and O–H groups in total. The van der Waals surface area contributed by atoms with Crippen molar-refractivity contribution in [2.24, 2.45) is 17.6 Å². The third-order valence-electron chi connectivity index (χ3n) is 2.73. The molecule has 0 saturated carbocycles. The summed E-state index contributed by atoms with van der Waals surface area (Å²) in [6.45, 7) is 6.92. The van der Waals surface area contributed by atoms with Gasteiger partial charge in [0, 0.05) is 0 Å². The van der Waals surface area contributed by atoms with Crippen LogP contribution in [0.4, 0.5) is 13.2 Å². The number of halogens is 3. The fourth-order valence-corrected chi connectivity index (χ4v) is 1.49. The Morgan fingerprint density at radius 2 is 1.78 bits per heavy atom. The van der Waals surface area contributed by atoms with Crippen molar-refractivity contribution in [3.05, 3.63) is 0 Å². The number of rotatable bonds is 6. The number of hydrogen-bond acceptors (Lipinski definition) is 3. The first kappa shape index (κ1) is 17.2. The molecule has 0 aromatic heterocycles. The van der Waals surface area contributed by atoms with Gasteiger partial charge in [0.1, 0.15) is 6.04 Å². The Hall–Kier alpha value is -0.780. The summed E-state index contributed by atoms with van der Waals surface area (Å²) in [5.41, 5.74) is 5.14. The largest absolute Gasteiger partial charge is 0.462 e. The van der Waals surface area contributed by atoms with Gasteiger partial charge in [-0.25, -0.2) is 0 Å².